The maximum atomic E-state index is 11.6. The van der Waals surface area contributed by atoms with Gasteiger partial charge in [0.2, 0.25) is 11.5 Å². The lowest BCUT2D eigenvalue weighted by molar-refractivity contribution is -0.146. The van der Waals surface area contributed by atoms with Crippen molar-refractivity contribution in [2.75, 3.05) is 21.3 Å². The Morgan fingerprint density at radius 3 is 1.96 bits per heavy atom. The molecule has 1 aromatic rings. The van der Waals surface area contributed by atoms with Crippen molar-refractivity contribution >= 4 is 5.97 Å². The molecule has 0 heterocycles. The number of phenolic OH excluding ortho intramolecular Hbond substituents is 2. The van der Waals surface area contributed by atoms with E-state index in [9.17, 15) is 15.0 Å². The average Bonchev–Trinajstić information content (AvgIpc) is 2.57. The molecule has 6 heteroatoms. The van der Waals surface area contributed by atoms with Crippen molar-refractivity contribution in [3.63, 3.8) is 0 Å². The van der Waals surface area contributed by atoms with Crippen LogP contribution in [0, 0.1) is 12.8 Å². The van der Waals surface area contributed by atoms with E-state index in [4.69, 9.17) is 14.2 Å². The van der Waals surface area contributed by atoms with Crippen LogP contribution in [0.1, 0.15) is 42.7 Å². The average molecular weight is 324 g/mol. The van der Waals surface area contributed by atoms with Gasteiger partial charge in [-0.1, -0.05) is 0 Å². The number of aromatic hydroxyl groups is 2. The highest BCUT2D eigenvalue weighted by Crippen LogP contribution is 2.52. The summed E-state index contributed by atoms with van der Waals surface area (Å²) in [6.45, 7) is 1.75. The Morgan fingerprint density at radius 2 is 1.48 bits per heavy atom. The van der Waals surface area contributed by atoms with Gasteiger partial charge in [0, 0.05) is 11.1 Å². The van der Waals surface area contributed by atoms with E-state index < -0.39 is 0 Å². The van der Waals surface area contributed by atoms with Crippen LogP contribution in [0.25, 0.3) is 0 Å². The van der Waals surface area contributed by atoms with E-state index in [-0.39, 0.29) is 40.8 Å². The number of methoxy groups -OCH3 is 3. The van der Waals surface area contributed by atoms with E-state index in [0.717, 1.165) is 12.8 Å². The molecule has 2 rings (SSSR count). The minimum Gasteiger partial charge on any atom is -0.504 e. The normalized spacial score (nSPS) is 20.9. The van der Waals surface area contributed by atoms with Gasteiger partial charge in [0.15, 0.2) is 11.5 Å². The van der Waals surface area contributed by atoms with Crippen molar-refractivity contribution in [2.24, 2.45) is 5.92 Å². The van der Waals surface area contributed by atoms with Crippen LogP contribution in [0.4, 0.5) is 0 Å². The maximum Gasteiger partial charge on any atom is 0.308 e. The number of esters is 1. The number of hydrogen-bond acceptors (Lipinski definition) is 6. The molecule has 0 bridgehead atoms. The number of ether oxygens (including phenoxy) is 3. The topological polar surface area (TPSA) is 85.2 Å². The molecule has 6 nitrogen and oxygen atoms in total. The lowest BCUT2D eigenvalue weighted by atomic mass is 9.77. The van der Waals surface area contributed by atoms with Crippen LogP contribution in [0.2, 0.25) is 0 Å². The zero-order valence-corrected chi connectivity index (χ0v) is 14.0. The van der Waals surface area contributed by atoms with E-state index in [1.807, 2.05) is 0 Å². The Hall–Kier alpha value is -2.11. The van der Waals surface area contributed by atoms with E-state index in [0.29, 0.717) is 24.0 Å². The molecule has 23 heavy (non-hydrogen) atoms. The summed E-state index contributed by atoms with van der Waals surface area (Å²) < 4.78 is 15.1. The fourth-order valence-corrected chi connectivity index (χ4v) is 3.48. The SMILES string of the molecule is COC(=O)C1CCC(c2c(C)c(O)c(OC)c(OC)c2O)CC1. The zero-order chi connectivity index (χ0) is 17.1. The van der Waals surface area contributed by atoms with Crippen molar-refractivity contribution in [2.45, 2.75) is 38.5 Å². The van der Waals surface area contributed by atoms with E-state index in [2.05, 4.69) is 0 Å². The third-order valence-electron chi connectivity index (χ3n) is 4.73. The first-order chi connectivity index (χ1) is 11.0. The fraction of sp³-hybridized carbons (Fsp3) is 0.588. The number of carbonyl (C=O) groups is 1. The number of hydrogen-bond donors (Lipinski definition) is 2. The van der Waals surface area contributed by atoms with Gasteiger partial charge in [-0.25, -0.2) is 0 Å². The highest BCUT2D eigenvalue weighted by atomic mass is 16.5. The van der Waals surface area contributed by atoms with Crippen molar-refractivity contribution in [1.29, 1.82) is 0 Å². The van der Waals surface area contributed by atoms with Gasteiger partial charge in [0.25, 0.3) is 0 Å². The summed E-state index contributed by atoms with van der Waals surface area (Å²) in [6, 6.07) is 0. The first-order valence-electron chi connectivity index (χ1n) is 7.70. The summed E-state index contributed by atoms with van der Waals surface area (Å²) in [4.78, 5) is 11.6. The molecule has 0 radical (unpaired) electrons. The number of carbonyl (C=O) groups excluding carboxylic acids is 1. The number of phenols is 2. The van der Waals surface area contributed by atoms with Crippen LogP contribution < -0.4 is 9.47 Å². The van der Waals surface area contributed by atoms with E-state index in [1.54, 1.807) is 6.92 Å². The van der Waals surface area contributed by atoms with Crippen LogP contribution in [0.3, 0.4) is 0 Å². The second kappa shape index (κ2) is 6.98. The molecule has 0 aromatic heterocycles. The second-order valence-electron chi connectivity index (χ2n) is 5.87. The summed E-state index contributed by atoms with van der Waals surface area (Å²) in [5.74, 6) is 0.0391. The number of benzene rings is 1. The molecule has 0 amide bonds. The van der Waals surface area contributed by atoms with E-state index >= 15 is 0 Å². The summed E-state index contributed by atoms with van der Waals surface area (Å²) in [5, 5.41) is 20.9. The van der Waals surface area contributed by atoms with Gasteiger partial charge in [0.1, 0.15) is 0 Å². The molecule has 0 aliphatic heterocycles. The fourth-order valence-electron chi connectivity index (χ4n) is 3.48. The predicted octanol–water partition coefficient (Wildman–Crippen LogP) is 2.87. The van der Waals surface area contributed by atoms with Crippen molar-refractivity contribution in [3.05, 3.63) is 11.1 Å². The summed E-state index contributed by atoms with van der Waals surface area (Å²) in [5.41, 5.74) is 1.25. The van der Waals surface area contributed by atoms with E-state index in [1.165, 1.54) is 21.3 Å². The molecular weight excluding hydrogens is 300 g/mol. The molecule has 1 saturated carbocycles. The van der Waals surface area contributed by atoms with Crippen LogP contribution in [-0.2, 0) is 9.53 Å². The Morgan fingerprint density at radius 1 is 0.957 bits per heavy atom. The molecule has 1 aliphatic carbocycles. The highest BCUT2D eigenvalue weighted by Gasteiger charge is 2.33. The third kappa shape index (κ3) is 3.02. The first kappa shape index (κ1) is 17.2. The number of rotatable bonds is 4. The molecule has 0 unspecified atom stereocenters. The molecule has 128 valence electrons. The van der Waals surface area contributed by atoms with Gasteiger partial charge in [0.05, 0.1) is 27.2 Å². The van der Waals surface area contributed by atoms with Crippen molar-refractivity contribution in [3.8, 4) is 23.0 Å². The highest BCUT2D eigenvalue weighted by molar-refractivity contribution is 5.72. The van der Waals surface area contributed by atoms with Gasteiger partial charge in [-0.05, 0) is 38.5 Å². The standard InChI is InChI=1S/C17H24O6/c1-9-12(10-5-7-11(8-6-10)17(20)23-4)14(19)16(22-3)15(21-2)13(9)18/h10-11,18-19H,5-8H2,1-4H3. The second-order valence-corrected chi connectivity index (χ2v) is 5.87. The van der Waals surface area contributed by atoms with Gasteiger partial charge in [-0.3, -0.25) is 4.79 Å². The van der Waals surface area contributed by atoms with Crippen LogP contribution >= 0.6 is 0 Å². The molecular formula is C17H24O6. The monoisotopic (exact) mass is 324 g/mol. The third-order valence-corrected chi connectivity index (χ3v) is 4.73. The molecule has 0 atom stereocenters. The summed E-state index contributed by atoms with van der Waals surface area (Å²) >= 11 is 0. The van der Waals surface area contributed by atoms with Gasteiger partial charge < -0.3 is 24.4 Å². The summed E-state index contributed by atoms with van der Waals surface area (Å²) in [7, 11) is 4.23. The minimum atomic E-state index is -0.181. The largest absolute Gasteiger partial charge is 0.504 e. The Kier molecular flexibility index (Phi) is 5.23. The van der Waals surface area contributed by atoms with Crippen molar-refractivity contribution < 1.29 is 29.2 Å². The van der Waals surface area contributed by atoms with Crippen molar-refractivity contribution in [1.82, 2.24) is 0 Å². The van der Waals surface area contributed by atoms with Gasteiger partial charge >= 0.3 is 5.97 Å². The smallest absolute Gasteiger partial charge is 0.308 e. The molecule has 0 spiro atoms. The minimum absolute atomic E-state index is 0.00108. The predicted molar refractivity (Wildman–Crippen MR) is 84.3 cm³/mol. The van der Waals surface area contributed by atoms with Crippen LogP contribution in [-0.4, -0.2) is 37.5 Å². The first-order valence-corrected chi connectivity index (χ1v) is 7.70. The van der Waals surface area contributed by atoms with Crippen LogP contribution in [0.15, 0.2) is 0 Å². The molecule has 1 aromatic carbocycles. The zero-order valence-electron chi connectivity index (χ0n) is 14.0. The quantitative estimate of drug-likeness (QED) is 0.654. The lowest BCUT2D eigenvalue weighted by Gasteiger charge is -2.29. The lowest BCUT2D eigenvalue weighted by Crippen LogP contribution is -2.22. The maximum absolute atomic E-state index is 11.6. The molecule has 1 fully saturated rings. The Balaban J connectivity index is 2.34. The molecule has 2 N–H and O–H groups in total. The van der Waals surface area contributed by atoms with Crippen LogP contribution in [0.5, 0.6) is 23.0 Å². The molecule has 1 aliphatic rings. The van der Waals surface area contributed by atoms with Gasteiger partial charge in [-0.15, -0.1) is 0 Å². The molecule has 0 saturated heterocycles. The van der Waals surface area contributed by atoms with Gasteiger partial charge in [-0.2, -0.15) is 0 Å². The Bertz CT molecular complexity index is 587. The summed E-state index contributed by atoms with van der Waals surface area (Å²) in [6.07, 6.45) is 2.88. The Labute approximate surface area is 136 Å².